The molecule has 4 nitrogen and oxygen atoms in total. The van der Waals surface area contributed by atoms with Crippen LogP contribution >= 0.6 is 0 Å². The Labute approximate surface area is 107 Å². The molecule has 2 rings (SSSR count). The maximum absolute atomic E-state index is 12.0. The normalized spacial score (nSPS) is 31.7. The zero-order valence-electron chi connectivity index (χ0n) is 11.3. The van der Waals surface area contributed by atoms with Crippen LogP contribution in [-0.2, 0) is 14.4 Å². The van der Waals surface area contributed by atoms with Crippen LogP contribution in [0.2, 0.25) is 0 Å². The smallest absolute Gasteiger partial charge is 0.247 e. The van der Waals surface area contributed by atoms with Gasteiger partial charge in [-0.25, -0.2) is 5.06 Å². The van der Waals surface area contributed by atoms with Gasteiger partial charge in [0, 0.05) is 6.42 Å². The monoisotopic (exact) mass is 249 g/mol. The molecule has 0 aromatic heterocycles. The average molecular weight is 249 g/mol. The highest BCUT2D eigenvalue weighted by molar-refractivity contribution is 6.02. The van der Waals surface area contributed by atoms with E-state index in [9.17, 15) is 9.59 Å². The number of hydrogen-bond donors (Lipinski definition) is 0. The first-order valence-corrected chi connectivity index (χ1v) is 6.26. The molecule has 1 aliphatic heterocycles. The minimum Gasteiger partial charge on any atom is -0.290 e. The predicted molar refractivity (Wildman–Crippen MR) is 67.4 cm³/mol. The highest BCUT2D eigenvalue weighted by Gasteiger charge is 2.54. The summed E-state index contributed by atoms with van der Waals surface area (Å²) in [5.41, 5.74) is 0.365. The number of amides is 1. The van der Waals surface area contributed by atoms with Crippen LogP contribution in [0.3, 0.4) is 0 Å². The van der Waals surface area contributed by atoms with Crippen molar-refractivity contribution in [1.29, 1.82) is 0 Å². The molecule has 0 bridgehead atoms. The summed E-state index contributed by atoms with van der Waals surface area (Å²) in [5.74, 6) is 0.232. The third-order valence-corrected chi connectivity index (χ3v) is 3.86. The van der Waals surface area contributed by atoms with Crippen molar-refractivity contribution in [3.8, 4) is 0 Å². The van der Waals surface area contributed by atoms with Crippen molar-refractivity contribution in [2.75, 3.05) is 7.11 Å². The molecule has 98 valence electrons. The van der Waals surface area contributed by atoms with Gasteiger partial charge in [0.2, 0.25) is 5.91 Å². The predicted octanol–water partition coefficient (Wildman–Crippen LogP) is 1.88. The summed E-state index contributed by atoms with van der Waals surface area (Å²) in [7, 11) is 1.50. The standard InChI is InChI=1S/C14H19NO3/c1-9(2)12-8-11(16)5-6-14(12)10(3)7-13(17)15(14)18-4/h5-6,8-10H,7H2,1-4H3/t10-,14-/m1/s1. The number of carbonyl (C=O) groups is 2. The van der Waals surface area contributed by atoms with E-state index in [-0.39, 0.29) is 23.5 Å². The van der Waals surface area contributed by atoms with Gasteiger partial charge < -0.3 is 0 Å². The second-order valence-corrected chi connectivity index (χ2v) is 5.29. The van der Waals surface area contributed by atoms with Crippen molar-refractivity contribution in [1.82, 2.24) is 5.06 Å². The fraction of sp³-hybridized carbons (Fsp3) is 0.571. The topological polar surface area (TPSA) is 46.6 Å². The summed E-state index contributed by atoms with van der Waals surface area (Å²) in [6, 6.07) is 0. The fourth-order valence-electron chi connectivity index (χ4n) is 3.05. The highest BCUT2D eigenvalue weighted by Crippen LogP contribution is 2.46. The van der Waals surface area contributed by atoms with Gasteiger partial charge in [0.25, 0.3) is 0 Å². The Balaban J connectivity index is 2.57. The number of hydrogen-bond acceptors (Lipinski definition) is 3. The lowest BCUT2D eigenvalue weighted by Gasteiger charge is -2.42. The van der Waals surface area contributed by atoms with E-state index in [0.29, 0.717) is 6.42 Å². The van der Waals surface area contributed by atoms with Crippen LogP contribution in [0.15, 0.2) is 23.8 Å². The number of rotatable bonds is 2. The first-order valence-electron chi connectivity index (χ1n) is 6.26. The van der Waals surface area contributed by atoms with Gasteiger partial charge in [-0.2, -0.15) is 0 Å². The number of allylic oxidation sites excluding steroid dienone is 2. The van der Waals surface area contributed by atoms with Gasteiger partial charge in [-0.15, -0.1) is 0 Å². The quantitative estimate of drug-likeness (QED) is 0.750. The number of ketones is 1. The van der Waals surface area contributed by atoms with Gasteiger partial charge in [0.1, 0.15) is 5.54 Å². The highest BCUT2D eigenvalue weighted by atomic mass is 16.7. The van der Waals surface area contributed by atoms with Crippen molar-refractivity contribution in [2.24, 2.45) is 11.8 Å². The first kappa shape index (κ1) is 13.0. The van der Waals surface area contributed by atoms with E-state index >= 15 is 0 Å². The maximum atomic E-state index is 12.0. The molecule has 0 aromatic carbocycles. The Kier molecular flexibility index (Phi) is 3.15. The van der Waals surface area contributed by atoms with E-state index in [1.54, 1.807) is 6.08 Å². The minimum atomic E-state index is -0.589. The molecule has 1 saturated heterocycles. The molecule has 1 fully saturated rings. The molecule has 0 unspecified atom stereocenters. The van der Waals surface area contributed by atoms with Gasteiger partial charge in [0.05, 0.1) is 7.11 Å². The lowest BCUT2D eigenvalue weighted by atomic mass is 9.72. The Morgan fingerprint density at radius 2 is 2.11 bits per heavy atom. The fourth-order valence-corrected chi connectivity index (χ4v) is 3.05. The molecule has 18 heavy (non-hydrogen) atoms. The second kappa shape index (κ2) is 4.35. The molecule has 1 heterocycles. The van der Waals surface area contributed by atoms with Crippen molar-refractivity contribution in [2.45, 2.75) is 32.7 Å². The molecule has 1 amide bonds. The van der Waals surface area contributed by atoms with Crippen LogP contribution in [0.1, 0.15) is 27.2 Å². The molecule has 1 spiro atoms. The Morgan fingerprint density at radius 1 is 1.44 bits per heavy atom. The van der Waals surface area contributed by atoms with Gasteiger partial charge >= 0.3 is 0 Å². The zero-order valence-corrected chi connectivity index (χ0v) is 11.3. The zero-order chi connectivity index (χ0) is 13.5. The van der Waals surface area contributed by atoms with E-state index in [2.05, 4.69) is 0 Å². The van der Waals surface area contributed by atoms with Gasteiger partial charge in [-0.05, 0) is 35.6 Å². The maximum Gasteiger partial charge on any atom is 0.247 e. The van der Waals surface area contributed by atoms with Crippen molar-refractivity contribution < 1.29 is 14.4 Å². The van der Waals surface area contributed by atoms with E-state index in [4.69, 9.17) is 4.84 Å². The Bertz CT molecular complexity index is 450. The molecule has 0 aromatic rings. The lowest BCUT2D eigenvalue weighted by Crippen LogP contribution is -2.50. The van der Waals surface area contributed by atoms with Crippen LogP contribution in [-0.4, -0.2) is 29.4 Å². The summed E-state index contributed by atoms with van der Waals surface area (Å²) in [6.07, 6.45) is 5.44. The molecule has 4 heteroatoms. The van der Waals surface area contributed by atoms with Crippen LogP contribution < -0.4 is 0 Å². The summed E-state index contributed by atoms with van der Waals surface area (Å²) < 4.78 is 0. The van der Waals surface area contributed by atoms with Crippen LogP contribution in [0.5, 0.6) is 0 Å². The molecule has 0 saturated carbocycles. The molecular weight excluding hydrogens is 230 g/mol. The summed E-state index contributed by atoms with van der Waals surface area (Å²) in [4.78, 5) is 28.9. The third-order valence-electron chi connectivity index (χ3n) is 3.86. The number of hydroxylamine groups is 2. The SMILES string of the molecule is CON1C(=O)C[C@@H](C)[C@@]12C=CC(=O)C=C2C(C)C. The molecule has 1 aliphatic carbocycles. The Hall–Kier alpha value is -1.42. The van der Waals surface area contributed by atoms with Crippen LogP contribution in [0, 0.1) is 11.8 Å². The number of carbonyl (C=O) groups excluding carboxylic acids is 2. The van der Waals surface area contributed by atoms with E-state index in [1.807, 2.05) is 26.8 Å². The van der Waals surface area contributed by atoms with E-state index in [1.165, 1.54) is 18.2 Å². The third kappa shape index (κ3) is 1.63. The first-order chi connectivity index (χ1) is 8.43. The van der Waals surface area contributed by atoms with Gasteiger partial charge in [-0.1, -0.05) is 20.8 Å². The Morgan fingerprint density at radius 3 is 2.67 bits per heavy atom. The summed E-state index contributed by atoms with van der Waals surface area (Å²) in [5, 5.41) is 1.42. The minimum absolute atomic E-state index is 0.0214. The van der Waals surface area contributed by atoms with Crippen molar-refractivity contribution >= 4 is 11.7 Å². The molecule has 2 aliphatic rings. The lowest BCUT2D eigenvalue weighted by molar-refractivity contribution is -0.186. The molecule has 0 N–H and O–H groups in total. The van der Waals surface area contributed by atoms with E-state index in [0.717, 1.165) is 5.57 Å². The molecular formula is C14H19NO3. The molecule has 2 atom stereocenters. The van der Waals surface area contributed by atoms with Gasteiger partial charge in [0.15, 0.2) is 5.78 Å². The molecule has 0 radical (unpaired) electrons. The van der Waals surface area contributed by atoms with Crippen molar-refractivity contribution in [3.05, 3.63) is 23.8 Å². The second-order valence-electron chi connectivity index (χ2n) is 5.29. The van der Waals surface area contributed by atoms with E-state index < -0.39 is 5.54 Å². The van der Waals surface area contributed by atoms with Crippen LogP contribution in [0.25, 0.3) is 0 Å². The average Bonchev–Trinajstić information content (AvgIpc) is 2.54. The summed E-state index contributed by atoms with van der Waals surface area (Å²) in [6.45, 7) is 6.08. The van der Waals surface area contributed by atoms with Crippen molar-refractivity contribution in [3.63, 3.8) is 0 Å². The largest absolute Gasteiger partial charge is 0.290 e. The van der Waals surface area contributed by atoms with Gasteiger partial charge in [-0.3, -0.25) is 14.4 Å². The van der Waals surface area contributed by atoms with Crippen LogP contribution in [0.4, 0.5) is 0 Å². The number of nitrogens with zero attached hydrogens (tertiary/aromatic N) is 1. The summed E-state index contributed by atoms with van der Waals surface area (Å²) >= 11 is 0.